The summed E-state index contributed by atoms with van der Waals surface area (Å²) >= 11 is 0. The van der Waals surface area contributed by atoms with E-state index in [1.165, 1.54) is 11.3 Å². The summed E-state index contributed by atoms with van der Waals surface area (Å²) in [4.78, 5) is 11.9. The fourth-order valence-electron chi connectivity index (χ4n) is 5.48. The molecule has 3 aliphatic rings. The molecule has 1 fully saturated rings. The molecule has 1 atom stereocenters. The van der Waals surface area contributed by atoms with Crippen molar-refractivity contribution in [3.8, 4) is 16.9 Å². The molecule has 1 N–H and O–H groups in total. The number of piperazine rings is 1. The smallest absolute Gasteiger partial charge is 0.176 e. The zero-order valence-electron chi connectivity index (χ0n) is 22.5. The van der Waals surface area contributed by atoms with Gasteiger partial charge in [-0.15, -0.1) is 0 Å². The molecule has 0 spiro atoms. The minimum Gasteiger partial charge on any atom is -0.491 e. The monoisotopic (exact) mass is 503 g/mol. The fraction of sp³-hybridized carbons (Fsp3) is 0.519. The van der Waals surface area contributed by atoms with Crippen molar-refractivity contribution >= 4 is 5.70 Å². The maximum atomic E-state index is 6.28. The first-order valence-electron chi connectivity index (χ1n) is 13.2. The molecule has 196 valence electrons. The summed E-state index contributed by atoms with van der Waals surface area (Å²) < 4.78 is 10.3. The zero-order chi connectivity index (χ0) is 25.7. The van der Waals surface area contributed by atoms with Gasteiger partial charge in [0, 0.05) is 63.1 Å². The number of hydrogen-bond acceptors (Lipinski definition) is 8. The number of nitrogens with one attached hydrogen (secondary N) is 1. The number of aryl methyl sites for hydroxylation is 2. The minimum atomic E-state index is -0.00197. The van der Waals surface area contributed by atoms with Gasteiger partial charge in [0.25, 0.3) is 0 Å². The third-order valence-corrected chi connectivity index (χ3v) is 7.64. The molecule has 3 aliphatic heterocycles. The van der Waals surface area contributed by atoms with Gasteiger partial charge in [-0.05, 0) is 39.4 Å². The molecule has 1 aromatic carbocycles. The summed E-state index contributed by atoms with van der Waals surface area (Å²) in [6.07, 6.45) is 4.15. The molecular formula is C27H37N9O. The second-order valence-electron chi connectivity index (χ2n) is 10.7. The molecule has 1 unspecified atom stereocenters. The number of aromatic nitrogens is 5. The van der Waals surface area contributed by atoms with E-state index in [9.17, 15) is 0 Å². The lowest BCUT2D eigenvalue weighted by atomic mass is 10.0. The number of ether oxygens (including phenoxy) is 1. The first-order valence-corrected chi connectivity index (χ1v) is 13.2. The molecule has 10 nitrogen and oxygen atoms in total. The van der Waals surface area contributed by atoms with Crippen molar-refractivity contribution in [3.63, 3.8) is 0 Å². The van der Waals surface area contributed by atoms with E-state index in [0.717, 1.165) is 73.5 Å². The van der Waals surface area contributed by atoms with Crippen LogP contribution in [-0.4, -0.2) is 85.6 Å². The standard InChI is InChI=1S/C27H37N9O/c1-18(2)36-27(29-19(3)31-36)23-16-35-12-13-37-25-14-20(6-7-21(25)26(35)30-23)22-15-28-33(5)24(22)17-34-10-8-32(4)9-11-34/h6-7,14-16,18,26,30H,8-13,17H2,1-5H3. The highest BCUT2D eigenvalue weighted by Crippen LogP contribution is 2.39. The Bertz CT molecular complexity index is 1320. The van der Waals surface area contributed by atoms with Crippen LogP contribution >= 0.6 is 0 Å². The Balaban J connectivity index is 1.27. The summed E-state index contributed by atoms with van der Waals surface area (Å²) in [5.74, 6) is 2.58. The second kappa shape index (κ2) is 9.50. The van der Waals surface area contributed by atoms with Crippen LogP contribution in [0, 0.1) is 6.92 Å². The molecule has 1 saturated heterocycles. The van der Waals surface area contributed by atoms with Gasteiger partial charge in [-0.3, -0.25) is 9.58 Å². The second-order valence-corrected chi connectivity index (χ2v) is 10.7. The van der Waals surface area contributed by atoms with Crippen LogP contribution in [0.25, 0.3) is 16.8 Å². The lowest BCUT2D eigenvalue weighted by Crippen LogP contribution is -2.44. The highest BCUT2D eigenvalue weighted by molar-refractivity contribution is 5.69. The summed E-state index contributed by atoms with van der Waals surface area (Å²) in [6, 6.07) is 6.82. The van der Waals surface area contributed by atoms with Gasteiger partial charge in [0.1, 0.15) is 24.3 Å². The van der Waals surface area contributed by atoms with Crippen LogP contribution in [0.4, 0.5) is 0 Å². The lowest BCUT2D eigenvalue weighted by molar-refractivity contribution is 0.145. The van der Waals surface area contributed by atoms with E-state index in [0.29, 0.717) is 6.61 Å². The van der Waals surface area contributed by atoms with Crippen LogP contribution in [-0.2, 0) is 13.6 Å². The molecule has 10 heteroatoms. The average molecular weight is 504 g/mol. The molecule has 0 saturated carbocycles. The average Bonchev–Trinajstić information content (AvgIpc) is 3.55. The molecule has 37 heavy (non-hydrogen) atoms. The largest absolute Gasteiger partial charge is 0.491 e. The van der Waals surface area contributed by atoms with Gasteiger partial charge in [0.2, 0.25) is 0 Å². The highest BCUT2D eigenvalue weighted by Gasteiger charge is 2.33. The van der Waals surface area contributed by atoms with E-state index in [-0.39, 0.29) is 12.2 Å². The van der Waals surface area contributed by atoms with E-state index < -0.39 is 0 Å². The molecule has 0 aliphatic carbocycles. The van der Waals surface area contributed by atoms with E-state index in [4.69, 9.17) is 9.72 Å². The van der Waals surface area contributed by atoms with Crippen LogP contribution in [0.1, 0.15) is 49.0 Å². The minimum absolute atomic E-state index is 0.00197. The number of rotatable bonds is 5. The molecular weight excluding hydrogens is 466 g/mol. The van der Waals surface area contributed by atoms with Crippen LogP contribution < -0.4 is 10.1 Å². The quantitative estimate of drug-likeness (QED) is 0.569. The van der Waals surface area contributed by atoms with Crippen molar-refractivity contribution in [1.82, 2.24) is 44.6 Å². The van der Waals surface area contributed by atoms with E-state index in [2.05, 4.69) is 75.5 Å². The van der Waals surface area contributed by atoms with Gasteiger partial charge < -0.3 is 19.9 Å². The number of fused-ring (bicyclic) bond motifs is 3. The fourth-order valence-corrected chi connectivity index (χ4v) is 5.48. The van der Waals surface area contributed by atoms with Crippen molar-refractivity contribution < 1.29 is 4.74 Å². The molecule has 0 bridgehead atoms. The van der Waals surface area contributed by atoms with Gasteiger partial charge in [0.15, 0.2) is 5.82 Å². The molecule has 3 aromatic rings. The maximum absolute atomic E-state index is 6.28. The van der Waals surface area contributed by atoms with Crippen molar-refractivity contribution in [2.45, 2.75) is 39.5 Å². The van der Waals surface area contributed by atoms with E-state index >= 15 is 0 Å². The van der Waals surface area contributed by atoms with E-state index in [1.807, 2.05) is 29.5 Å². The molecule has 0 radical (unpaired) electrons. The van der Waals surface area contributed by atoms with Crippen molar-refractivity contribution in [2.75, 3.05) is 46.4 Å². The van der Waals surface area contributed by atoms with Crippen molar-refractivity contribution in [1.29, 1.82) is 0 Å². The first-order chi connectivity index (χ1) is 17.9. The summed E-state index contributed by atoms with van der Waals surface area (Å²) in [5, 5.41) is 12.9. The van der Waals surface area contributed by atoms with Crippen LogP contribution in [0.3, 0.4) is 0 Å². The third-order valence-electron chi connectivity index (χ3n) is 7.64. The van der Waals surface area contributed by atoms with Crippen molar-refractivity contribution in [2.24, 2.45) is 7.05 Å². The maximum Gasteiger partial charge on any atom is 0.176 e. The lowest BCUT2D eigenvalue weighted by Gasteiger charge is -2.32. The Morgan fingerprint density at radius 2 is 1.92 bits per heavy atom. The first kappa shape index (κ1) is 24.0. The topological polar surface area (TPSA) is 79.5 Å². The van der Waals surface area contributed by atoms with E-state index in [1.54, 1.807) is 0 Å². The Morgan fingerprint density at radius 1 is 1.11 bits per heavy atom. The molecule has 5 heterocycles. The van der Waals surface area contributed by atoms with Gasteiger partial charge in [-0.1, -0.05) is 12.1 Å². The Morgan fingerprint density at radius 3 is 2.70 bits per heavy atom. The molecule has 2 aromatic heterocycles. The van der Waals surface area contributed by atoms with Crippen LogP contribution in [0.2, 0.25) is 0 Å². The van der Waals surface area contributed by atoms with Crippen LogP contribution in [0.15, 0.2) is 30.6 Å². The van der Waals surface area contributed by atoms with Gasteiger partial charge in [-0.25, -0.2) is 9.67 Å². The van der Waals surface area contributed by atoms with Gasteiger partial charge in [0.05, 0.1) is 24.1 Å². The Hall–Kier alpha value is -3.37. The number of hydrogen-bond donors (Lipinski definition) is 1. The van der Waals surface area contributed by atoms with Gasteiger partial charge in [-0.2, -0.15) is 10.2 Å². The van der Waals surface area contributed by atoms with Crippen molar-refractivity contribution in [3.05, 3.63) is 53.5 Å². The summed E-state index contributed by atoms with van der Waals surface area (Å²) in [5.41, 5.74) is 5.69. The SMILES string of the molecule is Cc1nc(C2=CN3CCOc4cc(-c5cnn(C)c5CN5CCN(C)CC5)ccc4C3N2)n(C(C)C)n1. The summed E-state index contributed by atoms with van der Waals surface area (Å²) in [7, 11) is 4.23. The zero-order valence-corrected chi connectivity index (χ0v) is 22.5. The third kappa shape index (κ3) is 4.48. The van der Waals surface area contributed by atoms with Crippen LogP contribution in [0.5, 0.6) is 5.75 Å². The number of benzene rings is 1. The predicted molar refractivity (Wildman–Crippen MR) is 143 cm³/mol. The Kier molecular flexibility index (Phi) is 6.16. The normalized spacial score (nSPS) is 20.3. The molecule has 6 rings (SSSR count). The van der Waals surface area contributed by atoms with Gasteiger partial charge >= 0.3 is 0 Å². The Labute approximate surface area is 218 Å². The summed E-state index contributed by atoms with van der Waals surface area (Å²) in [6.45, 7) is 12.9. The number of nitrogens with zero attached hydrogens (tertiary/aromatic N) is 8. The molecule has 0 amide bonds. The number of likely N-dealkylation sites (N-methyl/N-ethyl adjacent to an activating group) is 1. The predicted octanol–water partition coefficient (Wildman–Crippen LogP) is 2.61. The highest BCUT2D eigenvalue weighted by atomic mass is 16.5.